The second kappa shape index (κ2) is 9.22. The van der Waals surface area contributed by atoms with Crippen LogP contribution < -0.4 is 0 Å². The number of nitrogens with zero attached hydrogens (tertiary/aromatic N) is 3. The normalized spacial score (nSPS) is 12.0. The first-order valence-corrected chi connectivity index (χ1v) is 15.3. The van der Waals surface area contributed by atoms with Crippen molar-refractivity contribution in [2.75, 3.05) is 0 Å². The third kappa shape index (κ3) is 3.52. The molecule has 0 aliphatic rings. The molecule has 7 aromatic carbocycles. The third-order valence-corrected chi connectivity index (χ3v) is 9.38. The molecule has 3 heterocycles. The van der Waals surface area contributed by atoms with Crippen molar-refractivity contribution in [3.63, 3.8) is 0 Å². The fourth-order valence-electron chi connectivity index (χ4n) is 7.30. The van der Waals surface area contributed by atoms with E-state index < -0.39 is 0 Å². The van der Waals surface area contributed by atoms with Crippen LogP contribution in [0.5, 0.6) is 0 Å². The predicted molar refractivity (Wildman–Crippen MR) is 189 cm³/mol. The Hall–Kier alpha value is -6.06. The van der Waals surface area contributed by atoms with Gasteiger partial charge in [0.05, 0.1) is 27.5 Å². The highest BCUT2D eigenvalue weighted by molar-refractivity contribution is 6.22. The van der Waals surface area contributed by atoms with Crippen molar-refractivity contribution in [1.82, 2.24) is 14.4 Å². The molecule has 45 heavy (non-hydrogen) atoms. The van der Waals surface area contributed by atoms with Crippen molar-refractivity contribution in [2.24, 2.45) is 0 Å². The number of aromatic nitrogens is 3. The summed E-state index contributed by atoms with van der Waals surface area (Å²) in [5, 5.41) is 9.68. The zero-order chi connectivity index (χ0) is 29.5. The lowest BCUT2D eigenvalue weighted by Gasteiger charge is -2.13. The molecule has 0 atom stereocenters. The summed E-state index contributed by atoms with van der Waals surface area (Å²) in [4.78, 5) is 9.97. The van der Waals surface area contributed by atoms with Gasteiger partial charge in [0.25, 0.3) is 0 Å². The maximum Gasteiger partial charge on any atom is 0.148 e. The van der Waals surface area contributed by atoms with E-state index in [0.717, 1.165) is 38.5 Å². The Bertz CT molecular complexity index is 2810. The molecule has 0 unspecified atom stereocenters. The second-order valence-electron chi connectivity index (χ2n) is 11.8. The largest absolute Gasteiger partial charge is 0.292 e. The smallest absolute Gasteiger partial charge is 0.148 e. The summed E-state index contributed by atoms with van der Waals surface area (Å²) in [6.07, 6.45) is 1.88. The number of rotatable bonds is 2. The van der Waals surface area contributed by atoms with Crippen LogP contribution >= 0.6 is 0 Å². The van der Waals surface area contributed by atoms with Gasteiger partial charge in [-0.3, -0.25) is 9.38 Å². The summed E-state index contributed by atoms with van der Waals surface area (Å²) in [6, 6.07) is 52.5. The highest BCUT2D eigenvalue weighted by Gasteiger charge is 2.17. The standard InChI is InChI=1S/C42H25N3/c1-2-10-31-30(8-1)25-35(33-12-4-3-11-32(31)33)27-17-15-26(16-18-27)29-20-22-38-36(24-29)34-21-19-28-9-7-23-43-41(28)40(34)42-44-37-13-5-6-14-39(37)45(38)42/h1-25H. The number of hydrogen-bond acceptors (Lipinski definition) is 2. The van der Waals surface area contributed by atoms with Gasteiger partial charge >= 0.3 is 0 Å². The molecule has 0 fully saturated rings. The van der Waals surface area contributed by atoms with Crippen molar-refractivity contribution in [2.45, 2.75) is 0 Å². The number of fused-ring (bicyclic) bond motifs is 13. The molecule has 0 aliphatic heterocycles. The maximum absolute atomic E-state index is 5.13. The molecule has 3 aromatic heterocycles. The molecule has 0 spiro atoms. The van der Waals surface area contributed by atoms with Crippen LogP contribution in [0.1, 0.15) is 0 Å². The topological polar surface area (TPSA) is 30.2 Å². The van der Waals surface area contributed by atoms with Crippen molar-refractivity contribution >= 4 is 70.8 Å². The fourth-order valence-corrected chi connectivity index (χ4v) is 7.30. The zero-order valence-electron chi connectivity index (χ0n) is 24.3. The summed E-state index contributed by atoms with van der Waals surface area (Å²) in [5.41, 5.74) is 10.0. The molecule has 0 N–H and O–H groups in total. The Morgan fingerprint density at radius 2 is 1.18 bits per heavy atom. The van der Waals surface area contributed by atoms with Crippen LogP contribution in [0.3, 0.4) is 0 Å². The summed E-state index contributed by atoms with van der Waals surface area (Å²) in [7, 11) is 0. The number of hydrogen-bond donors (Lipinski definition) is 0. The van der Waals surface area contributed by atoms with Crippen molar-refractivity contribution in [3.05, 3.63) is 152 Å². The SMILES string of the molecule is c1ccc2c(c1)cc(-c1ccc(-c3ccc4c(c3)c3ccc5cccnc5c3c3nc5ccccc5n43)cc1)c1ccccc12. The van der Waals surface area contributed by atoms with E-state index in [9.17, 15) is 0 Å². The Kier molecular flexibility index (Phi) is 5.00. The minimum atomic E-state index is 0.947. The van der Waals surface area contributed by atoms with Gasteiger partial charge < -0.3 is 0 Å². The van der Waals surface area contributed by atoms with Crippen LogP contribution in [0.15, 0.2) is 152 Å². The first kappa shape index (κ1) is 24.4. The van der Waals surface area contributed by atoms with Gasteiger partial charge in [-0.25, -0.2) is 4.98 Å². The Balaban J connectivity index is 1.19. The highest BCUT2D eigenvalue weighted by Crippen LogP contribution is 2.39. The molecule has 0 saturated heterocycles. The predicted octanol–water partition coefficient (Wildman–Crippen LogP) is 11.0. The summed E-state index contributed by atoms with van der Waals surface area (Å²) >= 11 is 0. The molecular formula is C42H25N3. The molecule has 3 nitrogen and oxygen atoms in total. The maximum atomic E-state index is 5.13. The van der Waals surface area contributed by atoms with E-state index in [1.165, 1.54) is 54.6 Å². The molecular weight excluding hydrogens is 546 g/mol. The second-order valence-corrected chi connectivity index (χ2v) is 11.8. The van der Waals surface area contributed by atoms with E-state index in [0.29, 0.717) is 0 Å². The molecule has 10 aromatic rings. The lowest BCUT2D eigenvalue weighted by Crippen LogP contribution is -1.94. The van der Waals surface area contributed by atoms with E-state index in [4.69, 9.17) is 9.97 Å². The van der Waals surface area contributed by atoms with Crippen molar-refractivity contribution in [3.8, 4) is 22.3 Å². The number of imidazole rings is 1. The average molecular weight is 572 g/mol. The van der Waals surface area contributed by atoms with Crippen LogP contribution in [0.4, 0.5) is 0 Å². The summed E-state index contributed by atoms with van der Waals surface area (Å²) in [5.74, 6) is 0. The zero-order valence-corrected chi connectivity index (χ0v) is 24.3. The van der Waals surface area contributed by atoms with Gasteiger partial charge in [0.15, 0.2) is 0 Å². The van der Waals surface area contributed by atoms with E-state index in [2.05, 4.69) is 144 Å². The quantitative estimate of drug-likeness (QED) is 0.193. The van der Waals surface area contributed by atoms with E-state index in [-0.39, 0.29) is 0 Å². The molecule has 10 rings (SSSR count). The van der Waals surface area contributed by atoms with E-state index in [1.54, 1.807) is 0 Å². The first-order valence-electron chi connectivity index (χ1n) is 15.3. The molecule has 0 aliphatic carbocycles. The Morgan fingerprint density at radius 3 is 2.09 bits per heavy atom. The summed E-state index contributed by atoms with van der Waals surface area (Å²) in [6.45, 7) is 0. The first-order chi connectivity index (χ1) is 22.3. The van der Waals surface area contributed by atoms with Gasteiger partial charge in [0.2, 0.25) is 0 Å². The molecule has 0 amide bonds. The monoisotopic (exact) mass is 571 g/mol. The van der Waals surface area contributed by atoms with Crippen molar-refractivity contribution < 1.29 is 0 Å². The molecule has 0 saturated carbocycles. The van der Waals surface area contributed by atoms with E-state index >= 15 is 0 Å². The lowest BCUT2D eigenvalue weighted by molar-refractivity contribution is 1.31. The average Bonchev–Trinajstić information content (AvgIpc) is 3.51. The molecule has 0 radical (unpaired) electrons. The Labute approximate surface area is 258 Å². The number of para-hydroxylation sites is 2. The number of benzene rings is 7. The van der Waals surface area contributed by atoms with Crippen LogP contribution in [0.2, 0.25) is 0 Å². The van der Waals surface area contributed by atoms with Gasteiger partial charge in [-0.15, -0.1) is 0 Å². The minimum absolute atomic E-state index is 0.947. The molecule has 0 bridgehead atoms. The molecule has 3 heteroatoms. The number of pyridine rings is 2. The lowest BCUT2D eigenvalue weighted by atomic mass is 9.92. The fraction of sp³-hybridized carbons (Fsp3) is 0. The highest BCUT2D eigenvalue weighted by atomic mass is 15.0. The minimum Gasteiger partial charge on any atom is -0.292 e. The van der Waals surface area contributed by atoms with Crippen LogP contribution in [0.25, 0.3) is 93.1 Å². The van der Waals surface area contributed by atoms with Gasteiger partial charge in [-0.1, -0.05) is 109 Å². The molecule has 208 valence electrons. The Morgan fingerprint density at radius 1 is 0.444 bits per heavy atom. The van der Waals surface area contributed by atoms with Gasteiger partial charge in [-0.2, -0.15) is 0 Å². The van der Waals surface area contributed by atoms with Crippen LogP contribution in [-0.4, -0.2) is 14.4 Å². The third-order valence-electron chi connectivity index (χ3n) is 9.38. The van der Waals surface area contributed by atoms with Crippen LogP contribution in [0, 0.1) is 0 Å². The van der Waals surface area contributed by atoms with Gasteiger partial charge in [0, 0.05) is 17.0 Å². The van der Waals surface area contributed by atoms with Crippen molar-refractivity contribution in [1.29, 1.82) is 0 Å². The summed E-state index contributed by atoms with van der Waals surface area (Å²) < 4.78 is 2.30. The van der Waals surface area contributed by atoms with Crippen LogP contribution in [-0.2, 0) is 0 Å². The van der Waals surface area contributed by atoms with Gasteiger partial charge in [0.1, 0.15) is 5.65 Å². The van der Waals surface area contributed by atoms with Gasteiger partial charge in [-0.05, 0) is 85.6 Å². The van der Waals surface area contributed by atoms with E-state index in [1.807, 2.05) is 12.3 Å².